The van der Waals surface area contributed by atoms with Crippen molar-refractivity contribution in [3.05, 3.63) is 47.8 Å². The molecule has 106 valence electrons. The molecule has 4 nitrogen and oxygen atoms in total. The Kier molecular flexibility index (Phi) is 4.02. The summed E-state index contributed by atoms with van der Waals surface area (Å²) in [5.41, 5.74) is 7.94. The smallest absolute Gasteiger partial charge is 0.119 e. The first-order chi connectivity index (χ1) is 9.85. The molecular formula is C16H21N3O. The van der Waals surface area contributed by atoms with Crippen molar-refractivity contribution in [2.24, 2.45) is 5.73 Å². The third kappa shape index (κ3) is 3.39. The Morgan fingerprint density at radius 1 is 1.20 bits per heavy atom. The Morgan fingerprint density at radius 2 is 2.00 bits per heavy atom. The molecule has 1 aromatic carbocycles. The molecule has 4 heteroatoms. The summed E-state index contributed by atoms with van der Waals surface area (Å²) in [4.78, 5) is 0. The highest BCUT2D eigenvalue weighted by molar-refractivity contribution is 5.27. The Morgan fingerprint density at radius 3 is 2.70 bits per heavy atom. The van der Waals surface area contributed by atoms with Crippen LogP contribution in [0.25, 0.3) is 0 Å². The molecule has 3 rings (SSSR count). The van der Waals surface area contributed by atoms with E-state index in [0.717, 1.165) is 30.2 Å². The number of aromatic nitrogens is 2. The highest BCUT2D eigenvalue weighted by atomic mass is 16.5. The molecule has 0 unspecified atom stereocenters. The van der Waals surface area contributed by atoms with Gasteiger partial charge in [-0.3, -0.25) is 4.68 Å². The van der Waals surface area contributed by atoms with Gasteiger partial charge >= 0.3 is 0 Å². The lowest BCUT2D eigenvalue weighted by Gasteiger charge is -2.07. The molecule has 0 atom stereocenters. The van der Waals surface area contributed by atoms with E-state index in [1.807, 2.05) is 28.9 Å². The zero-order valence-electron chi connectivity index (χ0n) is 11.7. The first kappa shape index (κ1) is 13.2. The van der Waals surface area contributed by atoms with Gasteiger partial charge in [0.15, 0.2) is 0 Å². The number of hydrogen-bond acceptors (Lipinski definition) is 3. The van der Waals surface area contributed by atoms with Crippen LogP contribution in [0.4, 0.5) is 0 Å². The van der Waals surface area contributed by atoms with Crippen molar-refractivity contribution in [1.82, 2.24) is 9.78 Å². The third-order valence-corrected chi connectivity index (χ3v) is 3.62. The number of aryl methyl sites for hydroxylation is 1. The third-order valence-electron chi connectivity index (χ3n) is 3.62. The molecule has 1 fully saturated rings. The topological polar surface area (TPSA) is 53.1 Å². The maximum atomic E-state index is 5.71. The maximum absolute atomic E-state index is 5.71. The van der Waals surface area contributed by atoms with E-state index in [-0.39, 0.29) is 0 Å². The van der Waals surface area contributed by atoms with E-state index in [1.54, 1.807) is 0 Å². The largest absolute Gasteiger partial charge is 0.494 e. The summed E-state index contributed by atoms with van der Waals surface area (Å²) in [5.74, 6) is 1.63. The molecule has 0 amide bonds. The molecule has 1 aliphatic rings. The van der Waals surface area contributed by atoms with E-state index < -0.39 is 0 Å². The average molecular weight is 271 g/mol. The lowest BCUT2D eigenvalue weighted by atomic mass is 10.2. The number of nitrogens with zero attached hydrogens (tertiary/aromatic N) is 2. The van der Waals surface area contributed by atoms with E-state index in [1.165, 1.54) is 18.5 Å². The van der Waals surface area contributed by atoms with Gasteiger partial charge in [-0.1, -0.05) is 12.1 Å². The van der Waals surface area contributed by atoms with Gasteiger partial charge in [-0.25, -0.2) is 0 Å². The fourth-order valence-corrected chi connectivity index (χ4v) is 2.24. The zero-order chi connectivity index (χ0) is 13.8. The molecule has 20 heavy (non-hydrogen) atoms. The summed E-state index contributed by atoms with van der Waals surface area (Å²) in [6.07, 6.45) is 5.64. The molecule has 2 N–H and O–H groups in total. The zero-order valence-corrected chi connectivity index (χ0v) is 11.7. The van der Waals surface area contributed by atoms with E-state index in [4.69, 9.17) is 10.5 Å². The van der Waals surface area contributed by atoms with Crippen LogP contribution in [-0.2, 0) is 13.1 Å². The van der Waals surface area contributed by atoms with E-state index in [0.29, 0.717) is 13.2 Å². The summed E-state index contributed by atoms with van der Waals surface area (Å²) < 4.78 is 7.73. The lowest BCUT2D eigenvalue weighted by molar-refractivity contribution is 0.298. The molecule has 0 bridgehead atoms. The monoisotopic (exact) mass is 271 g/mol. The van der Waals surface area contributed by atoms with Crippen molar-refractivity contribution < 1.29 is 4.74 Å². The molecule has 2 aromatic rings. The predicted molar refractivity (Wildman–Crippen MR) is 78.6 cm³/mol. The van der Waals surface area contributed by atoms with Gasteiger partial charge in [-0.05, 0) is 36.6 Å². The highest BCUT2D eigenvalue weighted by Crippen LogP contribution is 2.38. The van der Waals surface area contributed by atoms with Crippen LogP contribution in [0.2, 0.25) is 0 Å². The predicted octanol–water partition coefficient (Wildman–Crippen LogP) is 2.69. The molecule has 1 saturated carbocycles. The van der Waals surface area contributed by atoms with Gasteiger partial charge in [0.05, 0.1) is 12.3 Å². The van der Waals surface area contributed by atoms with Crippen LogP contribution in [-0.4, -0.2) is 16.4 Å². The van der Waals surface area contributed by atoms with Gasteiger partial charge in [0.25, 0.3) is 0 Å². The minimum Gasteiger partial charge on any atom is -0.494 e. The maximum Gasteiger partial charge on any atom is 0.119 e. The number of ether oxygens (including phenoxy) is 1. The molecule has 0 saturated heterocycles. The van der Waals surface area contributed by atoms with Gasteiger partial charge in [0, 0.05) is 31.6 Å². The number of rotatable bonds is 7. The minimum absolute atomic E-state index is 0.572. The van der Waals surface area contributed by atoms with Crippen LogP contribution < -0.4 is 10.5 Å². The Balaban J connectivity index is 1.40. The van der Waals surface area contributed by atoms with Gasteiger partial charge in [-0.2, -0.15) is 5.10 Å². The summed E-state index contributed by atoms with van der Waals surface area (Å²) in [7, 11) is 0. The summed E-state index contributed by atoms with van der Waals surface area (Å²) in [6.45, 7) is 2.19. The summed E-state index contributed by atoms with van der Waals surface area (Å²) >= 11 is 0. The molecule has 0 aliphatic heterocycles. The second-order valence-corrected chi connectivity index (χ2v) is 5.33. The van der Waals surface area contributed by atoms with Gasteiger partial charge in [0.1, 0.15) is 5.75 Å². The van der Waals surface area contributed by atoms with Crippen LogP contribution in [0, 0.1) is 0 Å². The van der Waals surface area contributed by atoms with Gasteiger partial charge in [0.2, 0.25) is 0 Å². The Labute approximate surface area is 119 Å². The van der Waals surface area contributed by atoms with Crippen LogP contribution in [0.15, 0.2) is 36.5 Å². The molecule has 1 aromatic heterocycles. The highest BCUT2D eigenvalue weighted by Gasteiger charge is 2.25. The van der Waals surface area contributed by atoms with E-state index in [9.17, 15) is 0 Å². The fourth-order valence-electron chi connectivity index (χ4n) is 2.24. The first-order valence-electron chi connectivity index (χ1n) is 7.30. The van der Waals surface area contributed by atoms with E-state index in [2.05, 4.69) is 17.4 Å². The number of nitrogens with two attached hydrogens (primary N) is 1. The SMILES string of the molecule is NCc1ccc(OCCCn2ccc(C3CC3)n2)cc1. The Bertz CT molecular complexity index is 543. The number of hydrogen-bond donors (Lipinski definition) is 1. The summed E-state index contributed by atoms with van der Waals surface area (Å²) in [5, 5.41) is 4.59. The van der Waals surface area contributed by atoms with Crippen molar-refractivity contribution in [2.75, 3.05) is 6.61 Å². The lowest BCUT2D eigenvalue weighted by Crippen LogP contribution is -2.05. The van der Waals surface area contributed by atoms with Crippen molar-refractivity contribution in [2.45, 2.75) is 38.3 Å². The normalized spacial score (nSPS) is 14.4. The van der Waals surface area contributed by atoms with Crippen molar-refractivity contribution in [3.8, 4) is 5.75 Å². The van der Waals surface area contributed by atoms with Gasteiger partial charge < -0.3 is 10.5 Å². The van der Waals surface area contributed by atoms with Crippen molar-refractivity contribution in [3.63, 3.8) is 0 Å². The number of benzene rings is 1. The molecule has 0 radical (unpaired) electrons. The first-order valence-corrected chi connectivity index (χ1v) is 7.30. The quantitative estimate of drug-likeness (QED) is 0.788. The molecule has 0 spiro atoms. The van der Waals surface area contributed by atoms with Crippen LogP contribution in [0.3, 0.4) is 0 Å². The van der Waals surface area contributed by atoms with Crippen LogP contribution in [0.1, 0.15) is 36.4 Å². The summed E-state index contributed by atoms with van der Waals surface area (Å²) in [6, 6.07) is 10.1. The average Bonchev–Trinajstić information content (AvgIpc) is 3.24. The molecular weight excluding hydrogens is 250 g/mol. The standard InChI is InChI=1S/C16H21N3O/c17-12-13-2-6-15(7-3-13)20-11-1-9-19-10-8-16(18-19)14-4-5-14/h2-3,6-8,10,14H,1,4-5,9,11-12,17H2. The van der Waals surface area contributed by atoms with Crippen molar-refractivity contribution >= 4 is 0 Å². The van der Waals surface area contributed by atoms with Crippen LogP contribution >= 0.6 is 0 Å². The van der Waals surface area contributed by atoms with Crippen LogP contribution in [0.5, 0.6) is 5.75 Å². The minimum atomic E-state index is 0.572. The fraction of sp³-hybridized carbons (Fsp3) is 0.438. The second-order valence-electron chi connectivity index (χ2n) is 5.33. The molecule has 1 aliphatic carbocycles. The molecule has 1 heterocycles. The Hall–Kier alpha value is -1.81. The van der Waals surface area contributed by atoms with Crippen molar-refractivity contribution in [1.29, 1.82) is 0 Å². The van der Waals surface area contributed by atoms with E-state index >= 15 is 0 Å². The second kappa shape index (κ2) is 6.09. The van der Waals surface area contributed by atoms with Gasteiger partial charge in [-0.15, -0.1) is 0 Å².